The van der Waals surface area contributed by atoms with Gasteiger partial charge in [-0.15, -0.1) is 0 Å². The lowest BCUT2D eigenvalue weighted by atomic mass is 10.3. The molecule has 0 spiro atoms. The van der Waals surface area contributed by atoms with Gasteiger partial charge in [0.15, 0.2) is 0 Å². The molecule has 2 N–H and O–H groups in total. The molecule has 0 aliphatic rings. The van der Waals surface area contributed by atoms with E-state index in [9.17, 15) is 18.0 Å². The molecule has 0 aliphatic heterocycles. The van der Waals surface area contributed by atoms with Crippen LogP contribution in [0.2, 0.25) is 0 Å². The first-order valence-corrected chi connectivity index (χ1v) is 6.69. The lowest BCUT2D eigenvalue weighted by Crippen LogP contribution is -2.22. The van der Waals surface area contributed by atoms with Gasteiger partial charge in [0, 0.05) is 11.8 Å². The summed E-state index contributed by atoms with van der Waals surface area (Å²) in [5.41, 5.74) is 0.148. The molecule has 0 aromatic heterocycles. The molecule has 0 atom stereocenters. The molecule has 110 valence electrons. The van der Waals surface area contributed by atoms with Crippen LogP contribution in [0.25, 0.3) is 0 Å². The third-order valence-electron chi connectivity index (χ3n) is 2.56. The Bertz CT molecular complexity index is 679. The van der Waals surface area contributed by atoms with E-state index in [1.54, 1.807) is 0 Å². The highest BCUT2D eigenvalue weighted by Crippen LogP contribution is 2.23. The van der Waals surface area contributed by atoms with Crippen LogP contribution in [0.15, 0.2) is 40.9 Å². The van der Waals surface area contributed by atoms with Crippen LogP contribution in [-0.4, -0.2) is 12.5 Å². The van der Waals surface area contributed by atoms with E-state index in [4.69, 9.17) is 0 Å². The van der Waals surface area contributed by atoms with Crippen LogP contribution in [0.5, 0.6) is 0 Å². The molecule has 2 aromatic rings. The van der Waals surface area contributed by atoms with E-state index in [0.717, 1.165) is 18.2 Å². The zero-order valence-corrected chi connectivity index (χ0v) is 12.2. The minimum Gasteiger partial charge on any atom is -0.374 e. The zero-order chi connectivity index (χ0) is 15.4. The van der Waals surface area contributed by atoms with E-state index in [1.165, 1.54) is 18.2 Å². The number of anilines is 2. The van der Waals surface area contributed by atoms with E-state index < -0.39 is 23.4 Å². The summed E-state index contributed by atoms with van der Waals surface area (Å²) < 4.78 is 39.7. The molecule has 7 heteroatoms. The van der Waals surface area contributed by atoms with Crippen LogP contribution in [-0.2, 0) is 4.79 Å². The molecule has 0 radical (unpaired) electrons. The van der Waals surface area contributed by atoms with Crippen LogP contribution in [0.4, 0.5) is 24.5 Å². The van der Waals surface area contributed by atoms with Gasteiger partial charge in [-0.1, -0.05) is 6.07 Å². The second-order valence-electron chi connectivity index (χ2n) is 4.16. The molecule has 2 aromatic carbocycles. The fourth-order valence-electron chi connectivity index (χ4n) is 1.60. The molecule has 0 fully saturated rings. The van der Waals surface area contributed by atoms with Gasteiger partial charge in [-0.3, -0.25) is 4.79 Å². The van der Waals surface area contributed by atoms with E-state index in [2.05, 4.69) is 26.6 Å². The smallest absolute Gasteiger partial charge is 0.243 e. The second-order valence-corrected chi connectivity index (χ2v) is 5.01. The van der Waals surface area contributed by atoms with Crippen molar-refractivity contribution in [2.75, 3.05) is 17.2 Å². The average molecular weight is 359 g/mol. The summed E-state index contributed by atoms with van der Waals surface area (Å²) in [5.74, 6) is -2.34. The number of benzene rings is 2. The van der Waals surface area contributed by atoms with Gasteiger partial charge in [0.05, 0.1) is 16.7 Å². The number of amides is 1. The van der Waals surface area contributed by atoms with E-state index in [0.29, 0.717) is 0 Å². The van der Waals surface area contributed by atoms with Crippen LogP contribution >= 0.6 is 15.9 Å². The second kappa shape index (κ2) is 6.62. The topological polar surface area (TPSA) is 41.1 Å². The summed E-state index contributed by atoms with van der Waals surface area (Å²) in [6.07, 6.45) is 0. The van der Waals surface area contributed by atoms with Crippen LogP contribution in [0, 0.1) is 17.5 Å². The molecule has 2 rings (SSSR count). The van der Waals surface area contributed by atoms with Crippen molar-refractivity contribution in [1.82, 2.24) is 0 Å². The van der Waals surface area contributed by atoms with Gasteiger partial charge in [-0.2, -0.15) is 0 Å². The number of carbonyl (C=O) groups is 1. The van der Waals surface area contributed by atoms with Crippen molar-refractivity contribution in [3.63, 3.8) is 0 Å². The lowest BCUT2D eigenvalue weighted by molar-refractivity contribution is -0.114. The predicted molar refractivity (Wildman–Crippen MR) is 77.6 cm³/mol. The number of hydrogen-bond acceptors (Lipinski definition) is 2. The van der Waals surface area contributed by atoms with Crippen molar-refractivity contribution in [2.45, 2.75) is 0 Å². The maximum atomic E-state index is 13.5. The van der Waals surface area contributed by atoms with Gasteiger partial charge in [-0.05, 0) is 40.2 Å². The maximum Gasteiger partial charge on any atom is 0.243 e. The monoisotopic (exact) mass is 358 g/mol. The highest BCUT2D eigenvalue weighted by atomic mass is 79.9. The SMILES string of the molecule is O=C(CNc1cc(F)c(Br)cc1F)Nc1cccc(F)c1. The number of rotatable bonds is 4. The molecule has 0 bridgehead atoms. The Morgan fingerprint density at radius 1 is 1.10 bits per heavy atom. The molecule has 0 aliphatic carbocycles. The average Bonchev–Trinajstić information content (AvgIpc) is 2.41. The summed E-state index contributed by atoms with van der Waals surface area (Å²) in [4.78, 5) is 11.6. The molecule has 0 saturated carbocycles. The van der Waals surface area contributed by atoms with Gasteiger partial charge in [0.2, 0.25) is 5.91 Å². The molecule has 21 heavy (non-hydrogen) atoms. The summed E-state index contributed by atoms with van der Waals surface area (Å²) in [6, 6.07) is 7.26. The quantitative estimate of drug-likeness (QED) is 0.813. The standard InChI is InChI=1S/C14H10BrF3N2O/c15-10-5-12(18)13(6-11(10)17)19-7-14(21)20-9-3-1-2-8(16)4-9/h1-6,19H,7H2,(H,20,21). The Labute approximate surface area is 127 Å². The van der Waals surface area contributed by atoms with Crippen molar-refractivity contribution in [1.29, 1.82) is 0 Å². The predicted octanol–water partition coefficient (Wildman–Crippen LogP) is 3.92. The lowest BCUT2D eigenvalue weighted by Gasteiger charge is -2.09. The Morgan fingerprint density at radius 2 is 1.86 bits per heavy atom. The van der Waals surface area contributed by atoms with Crippen molar-refractivity contribution >= 4 is 33.2 Å². The molecular formula is C14H10BrF3N2O. The first-order chi connectivity index (χ1) is 9.95. The fourth-order valence-corrected chi connectivity index (χ4v) is 1.92. The van der Waals surface area contributed by atoms with Crippen LogP contribution in [0.3, 0.4) is 0 Å². The number of hydrogen-bond donors (Lipinski definition) is 2. The molecule has 0 unspecified atom stereocenters. The highest BCUT2D eigenvalue weighted by molar-refractivity contribution is 9.10. The molecular weight excluding hydrogens is 349 g/mol. The zero-order valence-electron chi connectivity index (χ0n) is 10.6. The molecule has 3 nitrogen and oxygen atoms in total. The Hall–Kier alpha value is -2.02. The fraction of sp³-hybridized carbons (Fsp3) is 0.0714. The molecule has 0 heterocycles. The minimum absolute atomic E-state index is 0.00485. The van der Waals surface area contributed by atoms with Gasteiger partial charge in [0.25, 0.3) is 0 Å². The minimum atomic E-state index is -0.693. The normalized spacial score (nSPS) is 10.3. The number of nitrogens with one attached hydrogen (secondary N) is 2. The summed E-state index contributed by atoms with van der Waals surface area (Å²) >= 11 is 2.85. The Balaban J connectivity index is 1.97. The van der Waals surface area contributed by atoms with Crippen molar-refractivity contribution in [3.05, 3.63) is 58.3 Å². The largest absolute Gasteiger partial charge is 0.374 e. The van der Waals surface area contributed by atoms with Crippen molar-refractivity contribution < 1.29 is 18.0 Å². The summed E-state index contributed by atoms with van der Waals surface area (Å²) in [5, 5.41) is 4.91. The van der Waals surface area contributed by atoms with Gasteiger partial charge in [0.1, 0.15) is 17.5 Å². The third kappa shape index (κ3) is 4.22. The van der Waals surface area contributed by atoms with Crippen LogP contribution in [0.1, 0.15) is 0 Å². The van der Waals surface area contributed by atoms with Crippen molar-refractivity contribution in [3.8, 4) is 0 Å². The maximum absolute atomic E-state index is 13.5. The third-order valence-corrected chi connectivity index (χ3v) is 3.17. The van der Waals surface area contributed by atoms with Gasteiger partial charge in [-0.25, -0.2) is 13.2 Å². The van der Waals surface area contributed by atoms with Crippen molar-refractivity contribution in [2.24, 2.45) is 0 Å². The Kier molecular flexibility index (Phi) is 4.85. The summed E-state index contributed by atoms with van der Waals surface area (Å²) in [6.45, 7) is -0.283. The Morgan fingerprint density at radius 3 is 2.57 bits per heavy atom. The molecule has 1 amide bonds. The van der Waals surface area contributed by atoms with E-state index in [1.807, 2.05) is 0 Å². The first-order valence-electron chi connectivity index (χ1n) is 5.89. The van der Waals surface area contributed by atoms with Gasteiger partial charge >= 0.3 is 0 Å². The van der Waals surface area contributed by atoms with Crippen LogP contribution < -0.4 is 10.6 Å². The highest BCUT2D eigenvalue weighted by Gasteiger charge is 2.09. The summed E-state index contributed by atoms with van der Waals surface area (Å²) in [7, 11) is 0. The molecule has 0 saturated heterocycles. The first kappa shape index (κ1) is 15.4. The number of carbonyl (C=O) groups excluding carboxylic acids is 1. The number of halogens is 4. The van der Waals surface area contributed by atoms with E-state index in [-0.39, 0.29) is 22.4 Å². The van der Waals surface area contributed by atoms with E-state index >= 15 is 0 Å². The van der Waals surface area contributed by atoms with Gasteiger partial charge < -0.3 is 10.6 Å².